The van der Waals surface area contributed by atoms with Gasteiger partial charge in [0.25, 0.3) is 5.91 Å². The van der Waals surface area contributed by atoms with Gasteiger partial charge in [0, 0.05) is 5.02 Å². The molecule has 0 saturated carbocycles. The maximum atomic E-state index is 12.7. The van der Waals surface area contributed by atoms with Crippen molar-refractivity contribution in [2.45, 2.75) is 6.92 Å². The van der Waals surface area contributed by atoms with Crippen LogP contribution in [0.5, 0.6) is 5.75 Å². The molecule has 1 fully saturated rings. The lowest BCUT2D eigenvalue weighted by Gasteiger charge is -2.15. The first-order valence-electron chi connectivity index (χ1n) is 7.35. The third kappa shape index (κ3) is 3.48. The first-order valence-corrected chi connectivity index (χ1v) is 8.95. The van der Waals surface area contributed by atoms with Crippen LogP contribution in [0, 0.1) is 0 Å². The van der Waals surface area contributed by atoms with Gasteiger partial charge in [-0.15, -0.1) is 0 Å². The molecular formula is C18H14ClNO2S2. The van der Waals surface area contributed by atoms with Gasteiger partial charge in [-0.1, -0.05) is 53.8 Å². The summed E-state index contributed by atoms with van der Waals surface area (Å²) in [6.45, 7) is 2.52. The molecule has 2 aromatic rings. The molecule has 1 saturated heterocycles. The Morgan fingerprint density at radius 1 is 1.21 bits per heavy atom. The van der Waals surface area contributed by atoms with E-state index in [9.17, 15) is 4.79 Å². The van der Waals surface area contributed by atoms with E-state index in [0.29, 0.717) is 20.9 Å². The molecule has 3 nitrogen and oxygen atoms in total. The van der Waals surface area contributed by atoms with Gasteiger partial charge in [-0.05, 0) is 48.9 Å². The fourth-order valence-corrected chi connectivity index (χ4v) is 3.76. The molecule has 122 valence electrons. The first-order chi connectivity index (χ1) is 11.6. The van der Waals surface area contributed by atoms with Gasteiger partial charge in [0.05, 0.1) is 17.2 Å². The Hall–Kier alpha value is -1.82. The van der Waals surface area contributed by atoms with Crippen molar-refractivity contribution in [2.75, 3.05) is 11.5 Å². The molecule has 0 atom stereocenters. The highest BCUT2D eigenvalue weighted by atomic mass is 35.5. The second-order valence-electron chi connectivity index (χ2n) is 4.97. The number of ether oxygens (including phenoxy) is 1. The van der Waals surface area contributed by atoms with Crippen LogP contribution in [0.4, 0.5) is 5.69 Å². The molecule has 3 rings (SSSR count). The van der Waals surface area contributed by atoms with Crippen molar-refractivity contribution in [1.29, 1.82) is 0 Å². The first kappa shape index (κ1) is 17.0. The average molecular weight is 376 g/mol. The lowest BCUT2D eigenvalue weighted by molar-refractivity contribution is -0.113. The van der Waals surface area contributed by atoms with E-state index >= 15 is 0 Å². The SMILES string of the molecule is CCOc1ccc(N2C(=O)C(=Cc3ccccc3Cl)SC2=S)cc1. The van der Waals surface area contributed by atoms with E-state index in [2.05, 4.69) is 0 Å². The number of thiocarbonyl (C=S) groups is 1. The van der Waals surface area contributed by atoms with Crippen LogP contribution >= 0.6 is 35.6 Å². The third-order valence-corrected chi connectivity index (χ3v) is 5.04. The summed E-state index contributed by atoms with van der Waals surface area (Å²) in [5.74, 6) is 0.618. The summed E-state index contributed by atoms with van der Waals surface area (Å²) in [6, 6.07) is 14.7. The largest absolute Gasteiger partial charge is 0.494 e. The van der Waals surface area contributed by atoms with Gasteiger partial charge in [0.2, 0.25) is 0 Å². The number of amides is 1. The summed E-state index contributed by atoms with van der Waals surface area (Å²) in [4.78, 5) is 14.8. The molecule has 0 bridgehead atoms. The summed E-state index contributed by atoms with van der Waals surface area (Å²) in [6.07, 6.45) is 1.77. The van der Waals surface area contributed by atoms with Crippen LogP contribution in [-0.4, -0.2) is 16.8 Å². The number of thioether (sulfide) groups is 1. The molecule has 1 amide bonds. The van der Waals surface area contributed by atoms with Crippen LogP contribution < -0.4 is 9.64 Å². The van der Waals surface area contributed by atoms with E-state index in [1.54, 1.807) is 12.1 Å². The van der Waals surface area contributed by atoms with E-state index < -0.39 is 0 Å². The molecule has 24 heavy (non-hydrogen) atoms. The number of carbonyl (C=O) groups excluding carboxylic acids is 1. The van der Waals surface area contributed by atoms with Crippen LogP contribution in [0.2, 0.25) is 5.02 Å². The maximum Gasteiger partial charge on any atom is 0.270 e. The van der Waals surface area contributed by atoms with Crippen LogP contribution in [0.1, 0.15) is 12.5 Å². The highest BCUT2D eigenvalue weighted by molar-refractivity contribution is 8.27. The standard InChI is InChI=1S/C18H14ClNO2S2/c1-2-22-14-9-7-13(8-10-14)20-17(21)16(24-18(20)23)11-12-5-3-4-6-15(12)19/h3-11H,2H2,1H3. The average Bonchev–Trinajstić information content (AvgIpc) is 2.85. The minimum atomic E-state index is -0.144. The number of anilines is 1. The summed E-state index contributed by atoms with van der Waals surface area (Å²) < 4.78 is 5.93. The van der Waals surface area contributed by atoms with Gasteiger partial charge in [-0.3, -0.25) is 9.69 Å². The van der Waals surface area contributed by atoms with Gasteiger partial charge in [-0.25, -0.2) is 0 Å². The van der Waals surface area contributed by atoms with E-state index in [-0.39, 0.29) is 5.91 Å². The Morgan fingerprint density at radius 2 is 1.92 bits per heavy atom. The van der Waals surface area contributed by atoms with Gasteiger partial charge < -0.3 is 4.74 Å². The molecule has 6 heteroatoms. The van der Waals surface area contributed by atoms with E-state index in [4.69, 9.17) is 28.6 Å². The molecule has 0 aliphatic carbocycles. The Morgan fingerprint density at radius 3 is 2.58 bits per heavy atom. The molecule has 0 unspecified atom stereocenters. The number of hydrogen-bond donors (Lipinski definition) is 0. The summed E-state index contributed by atoms with van der Waals surface area (Å²) in [5.41, 5.74) is 1.52. The normalized spacial score (nSPS) is 16.1. The van der Waals surface area contributed by atoms with Crippen molar-refractivity contribution >= 4 is 57.6 Å². The molecule has 0 aromatic heterocycles. The van der Waals surface area contributed by atoms with Crippen molar-refractivity contribution in [3.05, 3.63) is 64.0 Å². The minimum Gasteiger partial charge on any atom is -0.494 e. The zero-order valence-corrected chi connectivity index (χ0v) is 15.3. The molecular weight excluding hydrogens is 362 g/mol. The molecule has 0 N–H and O–H groups in total. The van der Waals surface area contributed by atoms with Crippen LogP contribution in [0.25, 0.3) is 6.08 Å². The van der Waals surface area contributed by atoms with E-state index in [1.165, 1.54) is 16.7 Å². The molecule has 2 aromatic carbocycles. The fraction of sp³-hybridized carbons (Fsp3) is 0.111. The smallest absolute Gasteiger partial charge is 0.270 e. The number of rotatable bonds is 4. The molecule has 0 spiro atoms. The predicted molar refractivity (Wildman–Crippen MR) is 105 cm³/mol. The van der Waals surface area contributed by atoms with Crippen molar-refractivity contribution in [3.63, 3.8) is 0 Å². The van der Waals surface area contributed by atoms with Crippen LogP contribution in [0.15, 0.2) is 53.4 Å². The van der Waals surface area contributed by atoms with Gasteiger partial charge >= 0.3 is 0 Å². The number of nitrogens with zero attached hydrogens (tertiary/aromatic N) is 1. The van der Waals surface area contributed by atoms with Crippen molar-refractivity contribution < 1.29 is 9.53 Å². The Bertz CT molecular complexity index is 818. The van der Waals surface area contributed by atoms with Crippen molar-refractivity contribution in [3.8, 4) is 5.75 Å². The van der Waals surface area contributed by atoms with Gasteiger partial charge in [-0.2, -0.15) is 0 Å². The second kappa shape index (κ2) is 7.38. The van der Waals surface area contributed by atoms with Crippen molar-refractivity contribution in [1.82, 2.24) is 0 Å². The predicted octanol–water partition coefficient (Wildman–Crippen LogP) is 5.14. The molecule has 0 radical (unpaired) electrons. The Balaban J connectivity index is 1.88. The zero-order chi connectivity index (χ0) is 17.1. The quantitative estimate of drug-likeness (QED) is 0.546. The number of carbonyl (C=O) groups is 1. The Kier molecular flexibility index (Phi) is 5.23. The van der Waals surface area contributed by atoms with Crippen LogP contribution in [0.3, 0.4) is 0 Å². The monoisotopic (exact) mass is 375 g/mol. The highest BCUT2D eigenvalue weighted by Crippen LogP contribution is 2.37. The second-order valence-corrected chi connectivity index (χ2v) is 7.05. The summed E-state index contributed by atoms with van der Waals surface area (Å²) in [5, 5.41) is 0.601. The molecule has 1 heterocycles. The van der Waals surface area contributed by atoms with E-state index in [0.717, 1.165) is 17.0 Å². The summed E-state index contributed by atoms with van der Waals surface area (Å²) >= 11 is 12.8. The highest BCUT2D eigenvalue weighted by Gasteiger charge is 2.33. The molecule has 1 aliphatic rings. The number of hydrogen-bond acceptors (Lipinski definition) is 4. The number of benzene rings is 2. The van der Waals surface area contributed by atoms with Gasteiger partial charge in [0.1, 0.15) is 5.75 Å². The maximum absolute atomic E-state index is 12.7. The minimum absolute atomic E-state index is 0.144. The van der Waals surface area contributed by atoms with Gasteiger partial charge in [0.15, 0.2) is 4.32 Å². The topological polar surface area (TPSA) is 29.5 Å². The zero-order valence-electron chi connectivity index (χ0n) is 12.9. The molecule has 1 aliphatic heterocycles. The Labute approximate surface area is 155 Å². The lowest BCUT2D eigenvalue weighted by Crippen LogP contribution is -2.27. The fourth-order valence-electron chi connectivity index (χ4n) is 2.28. The number of halogens is 1. The third-order valence-electron chi connectivity index (χ3n) is 3.39. The van der Waals surface area contributed by atoms with Crippen molar-refractivity contribution in [2.24, 2.45) is 0 Å². The summed E-state index contributed by atoms with van der Waals surface area (Å²) in [7, 11) is 0. The van der Waals surface area contributed by atoms with Crippen LogP contribution in [-0.2, 0) is 4.79 Å². The van der Waals surface area contributed by atoms with E-state index in [1.807, 2.05) is 49.4 Å². The lowest BCUT2D eigenvalue weighted by atomic mass is 10.2.